The molecule has 0 atom stereocenters. The minimum Gasteiger partial charge on any atom is -0.488 e. The minimum atomic E-state index is -0.293. The fraction of sp³-hybridized carbons (Fsp3) is 0.500. The van der Waals surface area contributed by atoms with Crippen LogP contribution in [0.2, 0.25) is 0 Å². The summed E-state index contributed by atoms with van der Waals surface area (Å²) in [5.41, 5.74) is 6.36. The molecule has 2 nitrogen and oxygen atoms in total. The third-order valence-corrected chi connectivity index (χ3v) is 2.03. The first kappa shape index (κ1) is 12.0. The highest BCUT2D eigenvalue weighted by Gasteiger charge is 2.06. The molecule has 0 aliphatic heterocycles. The molecule has 0 unspecified atom stereocenters. The summed E-state index contributed by atoms with van der Waals surface area (Å²) in [5.74, 6) is 0.0275. The van der Waals surface area contributed by atoms with E-state index in [4.69, 9.17) is 10.5 Å². The molecule has 2 N–H and O–H groups in total. The van der Waals surface area contributed by atoms with E-state index in [0.717, 1.165) is 18.4 Å². The molecule has 0 saturated heterocycles. The number of ether oxygens (including phenoxy) is 1. The van der Waals surface area contributed by atoms with Gasteiger partial charge in [0, 0.05) is 0 Å². The number of halogens is 1. The Hall–Kier alpha value is -1.09. The molecule has 1 rings (SSSR count). The second kappa shape index (κ2) is 5.71. The van der Waals surface area contributed by atoms with Gasteiger partial charge in [-0.1, -0.05) is 6.07 Å². The molecule has 0 radical (unpaired) electrons. The zero-order chi connectivity index (χ0) is 11.3. The van der Waals surface area contributed by atoms with E-state index >= 15 is 0 Å². The lowest BCUT2D eigenvalue weighted by Gasteiger charge is -2.11. The molecular weight excluding hydrogens is 193 g/mol. The van der Waals surface area contributed by atoms with Gasteiger partial charge in [-0.3, -0.25) is 0 Å². The molecule has 1 aromatic rings. The number of benzene rings is 1. The maximum absolute atomic E-state index is 13.5. The van der Waals surface area contributed by atoms with Crippen LogP contribution in [0, 0.1) is 5.82 Å². The number of aryl methyl sites for hydroxylation is 1. The lowest BCUT2D eigenvalue weighted by atomic mass is 10.1. The van der Waals surface area contributed by atoms with Crippen molar-refractivity contribution in [1.82, 2.24) is 0 Å². The summed E-state index contributed by atoms with van der Waals surface area (Å²) in [7, 11) is 0. The van der Waals surface area contributed by atoms with Crippen LogP contribution in [0.4, 0.5) is 4.39 Å². The predicted octanol–water partition coefficient (Wildman–Crippen LogP) is 2.50. The molecule has 0 aliphatic rings. The predicted molar refractivity (Wildman–Crippen MR) is 59.5 cm³/mol. The zero-order valence-electron chi connectivity index (χ0n) is 9.29. The standard InChI is InChI=1S/C12H18FNO/c1-9(2)15-12-6-5-10(4-3-7-14)8-11(12)13/h5-6,8-9H,3-4,7,14H2,1-2H3. The molecule has 0 heterocycles. The Labute approximate surface area is 90.2 Å². The van der Waals surface area contributed by atoms with Crippen LogP contribution in [0.1, 0.15) is 25.8 Å². The van der Waals surface area contributed by atoms with E-state index in [-0.39, 0.29) is 11.9 Å². The Bertz CT molecular complexity index is 312. The van der Waals surface area contributed by atoms with Crippen molar-refractivity contribution < 1.29 is 9.13 Å². The Morgan fingerprint density at radius 1 is 1.40 bits per heavy atom. The second-order valence-corrected chi connectivity index (χ2v) is 3.82. The van der Waals surface area contributed by atoms with Crippen molar-refractivity contribution in [2.45, 2.75) is 32.8 Å². The molecule has 84 valence electrons. The Morgan fingerprint density at radius 2 is 2.13 bits per heavy atom. The average molecular weight is 211 g/mol. The summed E-state index contributed by atoms with van der Waals surface area (Å²) in [6.07, 6.45) is 1.69. The molecule has 3 heteroatoms. The van der Waals surface area contributed by atoms with E-state index in [0.29, 0.717) is 12.3 Å². The molecule has 0 bridgehead atoms. The highest BCUT2D eigenvalue weighted by atomic mass is 19.1. The van der Waals surface area contributed by atoms with Crippen LogP contribution in [-0.4, -0.2) is 12.6 Å². The van der Waals surface area contributed by atoms with Crippen molar-refractivity contribution in [3.05, 3.63) is 29.6 Å². The fourth-order valence-electron chi connectivity index (χ4n) is 1.36. The van der Waals surface area contributed by atoms with Gasteiger partial charge in [-0.05, 0) is 50.9 Å². The normalized spacial score (nSPS) is 10.7. The van der Waals surface area contributed by atoms with E-state index in [1.165, 1.54) is 6.07 Å². The Morgan fingerprint density at radius 3 is 2.67 bits per heavy atom. The van der Waals surface area contributed by atoms with Gasteiger partial charge in [-0.25, -0.2) is 4.39 Å². The highest BCUT2D eigenvalue weighted by Crippen LogP contribution is 2.20. The van der Waals surface area contributed by atoms with Crippen molar-refractivity contribution in [1.29, 1.82) is 0 Å². The molecule has 0 spiro atoms. The van der Waals surface area contributed by atoms with Crippen LogP contribution >= 0.6 is 0 Å². The van der Waals surface area contributed by atoms with Gasteiger partial charge in [0.2, 0.25) is 0 Å². The van der Waals surface area contributed by atoms with Gasteiger partial charge in [0.05, 0.1) is 6.10 Å². The fourth-order valence-corrected chi connectivity index (χ4v) is 1.36. The molecular formula is C12H18FNO. The van der Waals surface area contributed by atoms with Crippen molar-refractivity contribution in [3.63, 3.8) is 0 Å². The molecule has 0 amide bonds. The highest BCUT2D eigenvalue weighted by molar-refractivity contribution is 5.29. The summed E-state index contributed by atoms with van der Waals surface area (Å²) < 4.78 is 18.8. The number of hydrogen-bond donors (Lipinski definition) is 1. The Kier molecular flexibility index (Phi) is 4.56. The van der Waals surface area contributed by atoms with Crippen LogP contribution in [0.25, 0.3) is 0 Å². The maximum atomic E-state index is 13.5. The van der Waals surface area contributed by atoms with Crippen molar-refractivity contribution in [3.8, 4) is 5.75 Å². The third kappa shape index (κ3) is 3.88. The number of hydrogen-bond acceptors (Lipinski definition) is 2. The van der Waals surface area contributed by atoms with Gasteiger partial charge in [0.1, 0.15) is 0 Å². The first-order valence-electron chi connectivity index (χ1n) is 5.28. The van der Waals surface area contributed by atoms with Crippen LogP contribution in [0.3, 0.4) is 0 Å². The molecule has 0 aliphatic carbocycles. The van der Waals surface area contributed by atoms with Gasteiger partial charge in [-0.2, -0.15) is 0 Å². The van der Waals surface area contributed by atoms with Gasteiger partial charge in [0.25, 0.3) is 0 Å². The largest absolute Gasteiger partial charge is 0.488 e. The van der Waals surface area contributed by atoms with Gasteiger partial charge in [-0.15, -0.1) is 0 Å². The third-order valence-electron chi connectivity index (χ3n) is 2.03. The number of rotatable bonds is 5. The zero-order valence-corrected chi connectivity index (χ0v) is 9.29. The molecule has 1 aromatic carbocycles. The van der Waals surface area contributed by atoms with Crippen molar-refractivity contribution in [2.24, 2.45) is 5.73 Å². The van der Waals surface area contributed by atoms with Gasteiger partial charge >= 0.3 is 0 Å². The molecule has 15 heavy (non-hydrogen) atoms. The van der Waals surface area contributed by atoms with Gasteiger partial charge < -0.3 is 10.5 Å². The summed E-state index contributed by atoms with van der Waals surface area (Å²) in [6.45, 7) is 4.38. The average Bonchev–Trinajstić information content (AvgIpc) is 2.18. The first-order valence-corrected chi connectivity index (χ1v) is 5.28. The minimum absolute atomic E-state index is 0.00519. The quantitative estimate of drug-likeness (QED) is 0.812. The van der Waals surface area contributed by atoms with Crippen molar-refractivity contribution >= 4 is 0 Å². The topological polar surface area (TPSA) is 35.2 Å². The van der Waals surface area contributed by atoms with Crippen molar-refractivity contribution in [2.75, 3.05) is 6.54 Å². The summed E-state index contributed by atoms with van der Waals surface area (Å²) in [5, 5.41) is 0. The Balaban J connectivity index is 2.70. The van der Waals surface area contributed by atoms with E-state index in [1.54, 1.807) is 6.07 Å². The van der Waals surface area contributed by atoms with Crippen LogP contribution in [0.15, 0.2) is 18.2 Å². The van der Waals surface area contributed by atoms with E-state index in [1.807, 2.05) is 19.9 Å². The van der Waals surface area contributed by atoms with Crippen LogP contribution < -0.4 is 10.5 Å². The lowest BCUT2D eigenvalue weighted by molar-refractivity contribution is 0.231. The summed E-state index contributed by atoms with van der Waals surface area (Å²) in [6, 6.07) is 5.09. The van der Waals surface area contributed by atoms with E-state index in [2.05, 4.69) is 0 Å². The molecule has 0 aromatic heterocycles. The number of nitrogens with two attached hydrogens (primary N) is 1. The SMILES string of the molecule is CC(C)Oc1ccc(CCCN)cc1F. The van der Waals surface area contributed by atoms with Crippen LogP contribution in [0.5, 0.6) is 5.75 Å². The monoisotopic (exact) mass is 211 g/mol. The molecule has 0 saturated carbocycles. The lowest BCUT2D eigenvalue weighted by Crippen LogP contribution is -2.07. The summed E-state index contributed by atoms with van der Waals surface area (Å²) >= 11 is 0. The van der Waals surface area contributed by atoms with E-state index in [9.17, 15) is 4.39 Å². The van der Waals surface area contributed by atoms with Crippen LogP contribution in [-0.2, 0) is 6.42 Å². The summed E-state index contributed by atoms with van der Waals surface area (Å²) in [4.78, 5) is 0. The second-order valence-electron chi connectivity index (χ2n) is 3.82. The van der Waals surface area contributed by atoms with E-state index < -0.39 is 0 Å². The molecule has 0 fully saturated rings. The van der Waals surface area contributed by atoms with Gasteiger partial charge in [0.15, 0.2) is 11.6 Å². The smallest absolute Gasteiger partial charge is 0.165 e. The first-order chi connectivity index (χ1) is 7.13. The maximum Gasteiger partial charge on any atom is 0.165 e.